The van der Waals surface area contributed by atoms with E-state index in [1.165, 1.54) is 4.90 Å². The maximum Gasteiger partial charge on any atom is 0.254 e. The quantitative estimate of drug-likeness (QED) is 0.677. The third-order valence-electron chi connectivity index (χ3n) is 1.76. The molecule has 0 saturated carbocycles. The van der Waals surface area contributed by atoms with E-state index in [0.29, 0.717) is 10.6 Å². The molecule has 0 unspecified atom stereocenters. The van der Waals surface area contributed by atoms with Crippen molar-refractivity contribution in [2.45, 2.75) is 6.92 Å². The molecule has 1 rings (SSSR count). The maximum atomic E-state index is 11.5. The van der Waals surface area contributed by atoms with Crippen LogP contribution < -0.4 is 0 Å². The molecule has 0 atom stereocenters. The van der Waals surface area contributed by atoms with E-state index in [1.54, 1.807) is 26.2 Å². The van der Waals surface area contributed by atoms with Crippen molar-refractivity contribution in [2.75, 3.05) is 14.1 Å². The summed E-state index contributed by atoms with van der Waals surface area (Å²) in [6, 6.07) is 5.42. The van der Waals surface area contributed by atoms with Crippen LogP contribution in [0.2, 0.25) is 5.02 Å². The molecule has 13 heavy (non-hydrogen) atoms. The molecule has 0 bridgehead atoms. The first-order valence-corrected chi connectivity index (χ1v) is 4.38. The van der Waals surface area contributed by atoms with Gasteiger partial charge >= 0.3 is 0 Å². The molecular weight excluding hydrogens is 186 g/mol. The Labute approximate surface area is 83.1 Å². The van der Waals surface area contributed by atoms with E-state index < -0.39 is 0 Å². The van der Waals surface area contributed by atoms with E-state index in [-0.39, 0.29) is 5.91 Å². The van der Waals surface area contributed by atoms with E-state index in [2.05, 4.69) is 0 Å². The van der Waals surface area contributed by atoms with Crippen LogP contribution in [0.5, 0.6) is 0 Å². The van der Waals surface area contributed by atoms with Crippen molar-refractivity contribution >= 4 is 17.5 Å². The van der Waals surface area contributed by atoms with Crippen LogP contribution in [0, 0.1) is 6.92 Å². The summed E-state index contributed by atoms with van der Waals surface area (Å²) in [6.45, 7) is 1.94. The Hall–Kier alpha value is -1.02. The number of halogens is 1. The summed E-state index contributed by atoms with van der Waals surface area (Å²) < 4.78 is 0. The molecule has 0 fully saturated rings. The molecular formula is C10H12ClNO. The summed E-state index contributed by atoms with van der Waals surface area (Å²) in [5.41, 5.74) is 1.61. The van der Waals surface area contributed by atoms with Gasteiger partial charge in [-0.2, -0.15) is 0 Å². The summed E-state index contributed by atoms with van der Waals surface area (Å²) >= 11 is 5.92. The fourth-order valence-electron chi connectivity index (χ4n) is 1.03. The number of rotatable bonds is 1. The number of benzene rings is 1. The summed E-state index contributed by atoms with van der Waals surface area (Å²) in [6.07, 6.45) is 0. The monoisotopic (exact) mass is 197 g/mol. The lowest BCUT2D eigenvalue weighted by Gasteiger charge is -2.11. The number of nitrogens with zero attached hydrogens (tertiary/aromatic N) is 1. The van der Waals surface area contributed by atoms with Crippen LogP contribution in [-0.2, 0) is 0 Å². The van der Waals surface area contributed by atoms with E-state index in [9.17, 15) is 4.79 Å². The van der Waals surface area contributed by atoms with Gasteiger partial charge < -0.3 is 4.90 Å². The van der Waals surface area contributed by atoms with Crippen molar-refractivity contribution in [1.82, 2.24) is 4.90 Å². The van der Waals surface area contributed by atoms with Gasteiger partial charge in [0.2, 0.25) is 0 Å². The van der Waals surface area contributed by atoms with Crippen molar-refractivity contribution in [3.05, 3.63) is 34.3 Å². The van der Waals surface area contributed by atoms with Crippen LogP contribution in [0.1, 0.15) is 15.9 Å². The molecule has 2 nitrogen and oxygen atoms in total. The highest BCUT2D eigenvalue weighted by atomic mass is 35.5. The van der Waals surface area contributed by atoms with Crippen molar-refractivity contribution < 1.29 is 4.79 Å². The van der Waals surface area contributed by atoms with Gasteiger partial charge in [-0.15, -0.1) is 0 Å². The molecule has 1 aromatic rings. The molecule has 0 aliphatic rings. The van der Waals surface area contributed by atoms with E-state index >= 15 is 0 Å². The molecule has 0 aliphatic heterocycles. The van der Waals surface area contributed by atoms with Gasteiger partial charge in [0.15, 0.2) is 0 Å². The fourth-order valence-corrected chi connectivity index (χ4v) is 1.35. The minimum Gasteiger partial charge on any atom is -0.345 e. The van der Waals surface area contributed by atoms with Crippen LogP contribution in [0.25, 0.3) is 0 Å². The average molecular weight is 198 g/mol. The Balaban J connectivity index is 3.09. The Morgan fingerprint density at radius 2 is 2.00 bits per heavy atom. The van der Waals surface area contributed by atoms with E-state index in [1.807, 2.05) is 13.0 Å². The molecule has 0 radical (unpaired) electrons. The second-order valence-corrected chi connectivity index (χ2v) is 3.59. The van der Waals surface area contributed by atoms with Crippen molar-refractivity contribution in [3.63, 3.8) is 0 Å². The highest BCUT2D eigenvalue weighted by Crippen LogP contribution is 2.18. The smallest absolute Gasteiger partial charge is 0.254 e. The van der Waals surface area contributed by atoms with Crippen molar-refractivity contribution in [2.24, 2.45) is 0 Å². The van der Waals surface area contributed by atoms with E-state index in [0.717, 1.165) is 5.56 Å². The third-order valence-corrected chi connectivity index (χ3v) is 2.07. The predicted molar refractivity (Wildman–Crippen MR) is 54.2 cm³/mol. The highest BCUT2D eigenvalue weighted by molar-refractivity contribution is 6.33. The lowest BCUT2D eigenvalue weighted by atomic mass is 10.1. The topological polar surface area (TPSA) is 20.3 Å². The van der Waals surface area contributed by atoms with Crippen molar-refractivity contribution in [1.29, 1.82) is 0 Å². The first kappa shape index (κ1) is 10.1. The lowest BCUT2D eigenvalue weighted by Crippen LogP contribution is -2.21. The van der Waals surface area contributed by atoms with Gasteiger partial charge in [0, 0.05) is 14.1 Å². The number of carbonyl (C=O) groups is 1. The summed E-state index contributed by atoms with van der Waals surface area (Å²) in [5, 5.41) is 0.513. The lowest BCUT2D eigenvalue weighted by molar-refractivity contribution is 0.0828. The normalized spacial score (nSPS) is 9.85. The largest absolute Gasteiger partial charge is 0.345 e. The molecule has 0 spiro atoms. The van der Waals surface area contributed by atoms with Crippen LogP contribution in [0.4, 0.5) is 0 Å². The zero-order chi connectivity index (χ0) is 10.0. The zero-order valence-corrected chi connectivity index (χ0v) is 8.72. The summed E-state index contributed by atoms with van der Waals surface area (Å²) in [4.78, 5) is 13.0. The van der Waals surface area contributed by atoms with Gasteiger partial charge in [-0.3, -0.25) is 4.79 Å². The second-order valence-electron chi connectivity index (χ2n) is 3.18. The first-order chi connectivity index (χ1) is 6.02. The van der Waals surface area contributed by atoms with Crippen molar-refractivity contribution in [3.8, 4) is 0 Å². The standard InChI is InChI=1S/C10H12ClNO/c1-7-4-5-8(9(11)6-7)10(13)12(2)3/h4-6H,1-3H3. The Kier molecular flexibility index (Phi) is 2.94. The molecule has 70 valence electrons. The van der Waals surface area contributed by atoms with Gasteiger partial charge in [0.05, 0.1) is 10.6 Å². The SMILES string of the molecule is Cc1ccc(C(=O)N(C)C)c(Cl)c1. The van der Waals surface area contributed by atoms with Crippen LogP contribution in [-0.4, -0.2) is 24.9 Å². The number of aryl methyl sites for hydroxylation is 1. The summed E-state index contributed by atoms with van der Waals surface area (Å²) in [5.74, 6) is -0.0648. The Bertz CT molecular complexity index is 334. The number of hydrogen-bond acceptors (Lipinski definition) is 1. The molecule has 1 amide bonds. The van der Waals surface area contributed by atoms with Gasteiger partial charge in [0.25, 0.3) is 5.91 Å². The number of hydrogen-bond donors (Lipinski definition) is 0. The highest BCUT2D eigenvalue weighted by Gasteiger charge is 2.11. The molecule has 0 N–H and O–H groups in total. The first-order valence-electron chi connectivity index (χ1n) is 4.00. The van der Waals surface area contributed by atoms with Crippen LogP contribution in [0.15, 0.2) is 18.2 Å². The fraction of sp³-hybridized carbons (Fsp3) is 0.300. The van der Waals surface area contributed by atoms with E-state index in [4.69, 9.17) is 11.6 Å². The van der Waals surface area contributed by atoms with Crippen LogP contribution >= 0.6 is 11.6 Å². The molecule has 0 saturated heterocycles. The third kappa shape index (κ3) is 2.22. The maximum absolute atomic E-state index is 11.5. The van der Waals surface area contributed by atoms with Gasteiger partial charge in [0.1, 0.15) is 0 Å². The Morgan fingerprint density at radius 3 is 2.46 bits per heavy atom. The average Bonchev–Trinajstić information content (AvgIpc) is 2.03. The molecule has 0 aliphatic carbocycles. The molecule has 1 aromatic carbocycles. The van der Waals surface area contributed by atoms with Gasteiger partial charge in [-0.1, -0.05) is 17.7 Å². The number of amides is 1. The van der Waals surface area contributed by atoms with Gasteiger partial charge in [-0.05, 0) is 24.6 Å². The Morgan fingerprint density at radius 1 is 1.38 bits per heavy atom. The minimum absolute atomic E-state index is 0.0648. The van der Waals surface area contributed by atoms with Gasteiger partial charge in [-0.25, -0.2) is 0 Å². The second kappa shape index (κ2) is 3.79. The molecule has 0 aromatic heterocycles. The molecule has 0 heterocycles. The molecule has 3 heteroatoms. The summed E-state index contributed by atoms with van der Waals surface area (Å²) in [7, 11) is 3.41. The van der Waals surface area contributed by atoms with Crippen LogP contribution in [0.3, 0.4) is 0 Å². The zero-order valence-electron chi connectivity index (χ0n) is 7.97. The minimum atomic E-state index is -0.0648. The number of carbonyl (C=O) groups excluding carboxylic acids is 1. The predicted octanol–water partition coefficient (Wildman–Crippen LogP) is 2.35.